The molecule has 0 saturated heterocycles. The van der Waals surface area contributed by atoms with Gasteiger partial charge in [0, 0.05) is 16.5 Å². The van der Waals surface area contributed by atoms with E-state index in [0.717, 1.165) is 27.8 Å². The Balaban J connectivity index is 1.98. The maximum Gasteiger partial charge on any atom is 0.337 e. The number of fused-ring (bicyclic) bond motifs is 1. The van der Waals surface area contributed by atoms with Crippen LogP contribution in [0, 0.1) is 11.3 Å². The lowest BCUT2D eigenvalue weighted by molar-refractivity contribution is 0.0601. The number of nitrogens with zero attached hydrogens (tertiary/aromatic N) is 1. The highest BCUT2D eigenvalue weighted by molar-refractivity contribution is 6.04. The van der Waals surface area contributed by atoms with Crippen LogP contribution in [0.2, 0.25) is 0 Å². The van der Waals surface area contributed by atoms with Gasteiger partial charge in [-0.2, -0.15) is 5.26 Å². The molecule has 1 aromatic heterocycles. The zero-order valence-electron chi connectivity index (χ0n) is 14.6. The highest BCUT2D eigenvalue weighted by Gasteiger charge is 2.19. The third-order valence-corrected chi connectivity index (χ3v) is 4.45. The minimum Gasteiger partial charge on any atom is -0.465 e. The van der Waals surface area contributed by atoms with E-state index >= 15 is 0 Å². The summed E-state index contributed by atoms with van der Waals surface area (Å²) in [6, 6.07) is 24.6. The van der Waals surface area contributed by atoms with Gasteiger partial charge in [0.2, 0.25) is 0 Å². The molecule has 27 heavy (non-hydrogen) atoms. The van der Waals surface area contributed by atoms with Gasteiger partial charge in [0.05, 0.1) is 24.3 Å². The van der Waals surface area contributed by atoms with Crippen molar-refractivity contribution in [2.45, 2.75) is 0 Å². The Kier molecular flexibility index (Phi) is 4.19. The first-order chi connectivity index (χ1) is 13.2. The molecule has 0 aliphatic rings. The quantitative estimate of drug-likeness (QED) is 0.461. The van der Waals surface area contributed by atoms with Gasteiger partial charge in [-0.15, -0.1) is 0 Å². The van der Waals surface area contributed by atoms with Crippen LogP contribution < -0.4 is 0 Å². The molecule has 0 fully saturated rings. The van der Waals surface area contributed by atoms with E-state index in [1.165, 1.54) is 7.11 Å². The number of hydrogen-bond acceptors (Lipinski definition) is 4. The summed E-state index contributed by atoms with van der Waals surface area (Å²) in [7, 11) is 1.35. The summed E-state index contributed by atoms with van der Waals surface area (Å²) in [4.78, 5) is 11.9. The molecule has 0 spiro atoms. The molecule has 0 unspecified atom stereocenters. The van der Waals surface area contributed by atoms with Crippen LogP contribution in [0.1, 0.15) is 15.9 Å². The van der Waals surface area contributed by atoms with Crippen LogP contribution in [0.5, 0.6) is 0 Å². The lowest BCUT2D eigenvalue weighted by Crippen LogP contribution is -2.00. The molecule has 4 nitrogen and oxygen atoms in total. The summed E-state index contributed by atoms with van der Waals surface area (Å²) in [6.07, 6.45) is 0. The van der Waals surface area contributed by atoms with Crippen molar-refractivity contribution < 1.29 is 13.9 Å². The van der Waals surface area contributed by atoms with Crippen molar-refractivity contribution in [2.24, 2.45) is 0 Å². The largest absolute Gasteiger partial charge is 0.465 e. The third-order valence-electron chi connectivity index (χ3n) is 4.45. The second-order valence-corrected chi connectivity index (χ2v) is 6.06. The highest BCUT2D eigenvalue weighted by Crippen LogP contribution is 2.41. The van der Waals surface area contributed by atoms with E-state index in [-0.39, 0.29) is 0 Å². The molecule has 0 atom stereocenters. The average molecular weight is 353 g/mol. The minimum absolute atomic E-state index is 0.408. The number of nitriles is 1. The molecular formula is C23H15NO3. The van der Waals surface area contributed by atoms with E-state index in [1.807, 2.05) is 48.5 Å². The molecular weight excluding hydrogens is 338 g/mol. The standard InChI is InChI=1S/C23H15NO3/c1-26-23(25)18-11-12-19-20(13-18)27-22(17-5-3-2-4-6-17)21(19)16-9-7-15(14-24)8-10-16/h2-13H,1H3. The van der Waals surface area contributed by atoms with Crippen molar-refractivity contribution in [1.82, 2.24) is 0 Å². The van der Waals surface area contributed by atoms with Crippen LogP contribution in [0.4, 0.5) is 0 Å². The summed E-state index contributed by atoms with van der Waals surface area (Å²) >= 11 is 0. The topological polar surface area (TPSA) is 63.2 Å². The monoisotopic (exact) mass is 353 g/mol. The normalized spacial score (nSPS) is 10.5. The fourth-order valence-electron chi connectivity index (χ4n) is 3.13. The van der Waals surface area contributed by atoms with Crippen molar-refractivity contribution in [3.8, 4) is 28.5 Å². The van der Waals surface area contributed by atoms with E-state index in [0.29, 0.717) is 16.7 Å². The Morgan fingerprint density at radius 1 is 0.963 bits per heavy atom. The highest BCUT2D eigenvalue weighted by atomic mass is 16.5. The number of ether oxygens (including phenoxy) is 1. The van der Waals surface area contributed by atoms with Crippen molar-refractivity contribution in [3.05, 3.63) is 83.9 Å². The van der Waals surface area contributed by atoms with Crippen molar-refractivity contribution >= 4 is 16.9 Å². The number of rotatable bonds is 3. The van der Waals surface area contributed by atoms with Gasteiger partial charge < -0.3 is 9.15 Å². The van der Waals surface area contributed by atoms with Crippen molar-refractivity contribution in [1.29, 1.82) is 5.26 Å². The third kappa shape index (κ3) is 2.96. The van der Waals surface area contributed by atoms with Gasteiger partial charge in [0.15, 0.2) is 0 Å². The van der Waals surface area contributed by atoms with Crippen LogP contribution >= 0.6 is 0 Å². The fourth-order valence-corrected chi connectivity index (χ4v) is 3.13. The summed E-state index contributed by atoms with van der Waals surface area (Å²) in [5.41, 5.74) is 4.45. The zero-order chi connectivity index (χ0) is 18.8. The lowest BCUT2D eigenvalue weighted by Gasteiger charge is -2.04. The molecule has 4 rings (SSSR count). The van der Waals surface area contributed by atoms with E-state index in [4.69, 9.17) is 14.4 Å². The molecule has 4 heteroatoms. The predicted octanol–water partition coefficient (Wildman–Crippen LogP) is 5.43. The summed E-state index contributed by atoms with van der Waals surface area (Å²) < 4.78 is 11.0. The van der Waals surface area contributed by atoms with Gasteiger partial charge in [0.25, 0.3) is 0 Å². The van der Waals surface area contributed by atoms with Gasteiger partial charge in [-0.25, -0.2) is 4.79 Å². The second-order valence-electron chi connectivity index (χ2n) is 6.06. The Hall–Kier alpha value is -3.84. The second kappa shape index (κ2) is 6.81. The number of carbonyl (C=O) groups is 1. The minimum atomic E-state index is -0.408. The van der Waals surface area contributed by atoms with Gasteiger partial charge in [-0.05, 0) is 35.9 Å². The number of hydrogen-bond donors (Lipinski definition) is 0. The average Bonchev–Trinajstić information content (AvgIpc) is 3.12. The Morgan fingerprint density at radius 2 is 1.70 bits per heavy atom. The zero-order valence-corrected chi connectivity index (χ0v) is 14.6. The van der Waals surface area contributed by atoms with Crippen LogP contribution in [-0.4, -0.2) is 13.1 Å². The molecule has 0 aliphatic heterocycles. The first kappa shape index (κ1) is 16.6. The number of methoxy groups -OCH3 is 1. The molecule has 3 aromatic carbocycles. The van der Waals surface area contributed by atoms with Crippen LogP contribution in [-0.2, 0) is 4.74 Å². The Morgan fingerprint density at radius 3 is 2.37 bits per heavy atom. The SMILES string of the molecule is COC(=O)c1ccc2c(-c3ccc(C#N)cc3)c(-c3ccccc3)oc2c1. The molecule has 0 radical (unpaired) electrons. The Labute approximate surface area is 156 Å². The summed E-state index contributed by atoms with van der Waals surface area (Å²) in [5, 5.41) is 9.95. The number of carbonyl (C=O) groups excluding carboxylic acids is 1. The first-order valence-electron chi connectivity index (χ1n) is 8.42. The molecule has 4 aromatic rings. The maximum atomic E-state index is 11.9. The van der Waals surface area contributed by atoms with Gasteiger partial charge in [-0.3, -0.25) is 0 Å². The molecule has 0 amide bonds. The molecule has 0 aliphatic carbocycles. The Bertz CT molecular complexity index is 1170. The fraction of sp³-hybridized carbons (Fsp3) is 0.0435. The first-order valence-corrected chi connectivity index (χ1v) is 8.42. The summed E-state index contributed by atoms with van der Waals surface area (Å²) in [5.74, 6) is 0.312. The predicted molar refractivity (Wildman–Crippen MR) is 103 cm³/mol. The maximum absolute atomic E-state index is 11.9. The molecule has 1 heterocycles. The van der Waals surface area contributed by atoms with Gasteiger partial charge >= 0.3 is 5.97 Å². The van der Waals surface area contributed by atoms with E-state index in [1.54, 1.807) is 24.3 Å². The molecule has 130 valence electrons. The van der Waals surface area contributed by atoms with Gasteiger partial charge in [0.1, 0.15) is 11.3 Å². The number of benzene rings is 3. The lowest BCUT2D eigenvalue weighted by atomic mass is 9.97. The molecule has 0 saturated carbocycles. The van der Waals surface area contributed by atoms with Crippen molar-refractivity contribution in [2.75, 3.05) is 7.11 Å². The van der Waals surface area contributed by atoms with Crippen LogP contribution in [0.25, 0.3) is 33.4 Å². The number of esters is 1. The molecule has 0 N–H and O–H groups in total. The smallest absolute Gasteiger partial charge is 0.337 e. The van der Waals surface area contributed by atoms with Crippen LogP contribution in [0.15, 0.2) is 77.2 Å². The van der Waals surface area contributed by atoms with Crippen molar-refractivity contribution in [3.63, 3.8) is 0 Å². The number of furan rings is 1. The van der Waals surface area contributed by atoms with E-state index < -0.39 is 5.97 Å². The van der Waals surface area contributed by atoms with E-state index in [9.17, 15) is 4.79 Å². The van der Waals surface area contributed by atoms with Gasteiger partial charge in [-0.1, -0.05) is 42.5 Å². The van der Waals surface area contributed by atoms with E-state index in [2.05, 4.69) is 6.07 Å². The molecule has 0 bridgehead atoms. The van der Waals surface area contributed by atoms with Crippen LogP contribution in [0.3, 0.4) is 0 Å². The summed E-state index contributed by atoms with van der Waals surface area (Å²) in [6.45, 7) is 0.